The van der Waals surface area contributed by atoms with Gasteiger partial charge in [-0.3, -0.25) is 0 Å². The molecule has 1 heterocycles. The van der Waals surface area contributed by atoms with Crippen LogP contribution in [-0.4, -0.2) is 15.7 Å². The van der Waals surface area contributed by atoms with Crippen LogP contribution in [0.15, 0.2) is 35.4 Å². The van der Waals surface area contributed by atoms with Gasteiger partial charge in [-0.25, -0.2) is 15.4 Å². The van der Waals surface area contributed by atoms with Gasteiger partial charge in [-0.15, -0.1) is 0 Å². The lowest BCUT2D eigenvalue weighted by atomic mass is 9.92. The van der Waals surface area contributed by atoms with E-state index >= 15 is 0 Å². The molecule has 134 valence electrons. The molecule has 0 aliphatic rings. The van der Waals surface area contributed by atoms with Crippen molar-refractivity contribution < 1.29 is 0 Å². The molecule has 0 saturated carbocycles. The van der Waals surface area contributed by atoms with Gasteiger partial charge in [0.15, 0.2) is 0 Å². The Bertz CT molecular complexity index is 722. The molecule has 1 aromatic heterocycles. The van der Waals surface area contributed by atoms with Crippen molar-refractivity contribution in [3.8, 4) is 0 Å². The van der Waals surface area contributed by atoms with E-state index in [1.54, 1.807) is 0 Å². The van der Waals surface area contributed by atoms with E-state index < -0.39 is 0 Å². The standard InChI is InChI=1S/C21H30N4/c1-6-8-11-18-14-16(4)22-21(23-18)25-24-17(5)20-13-10-9-12-19(20)15(3)7-2/h9-10,12-15H,6-8,11H2,1-5H3,(H,22,23,25). The third-order valence-electron chi connectivity index (χ3n) is 4.51. The van der Waals surface area contributed by atoms with Crippen molar-refractivity contribution in [3.05, 3.63) is 52.8 Å². The quantitative estimate of drug-likeness (QED) is 0.512. The highest BCUT2D eigenvalue weighted by Gasteiger charge is 2.10. The van der Waals surface area contributed by atoms with Gasteiger partial charge in [0.25, 0.3) is 0 Å². The fourth-order valence-electron chi connectivity index (χ4n) is 2.84. The molecule has 4 heteroatoms. The van der Waals surface area contributed by atoms with Crippen molar-refractivity contribution in [1.82, 2.24) is 9.97 Å². The first-order valence-electron chi connectivity index (χ1n) is 9.29. The number of hydrogen-bond acceptors (Lipinski definition) is 4. The number of rotatable bonds is 8. The average molecular weight is 338 g/mol. The summed E-state index contributed by atoms with van der Waals surface area (Å²) in [5.41, 5.74) is 8.57. The molecule has 0 bridgehead atoms. The summed E-state index contributed by atoms with van der Waals surface area (Å²) < 4.78 is 0. The van der Waals surface area contributed by atoms with E-state index in [9.17, 15) is 0 Å². The van der Waals surface area contributed by atoms with Crippen LogP contribution in [0.3, 0.4) is 0 Å². The number of benzene rings is 1. The number of nitrogens with zero attached hydrogens (tertiary/aromatic N) is 3. The fourth-order valence-corrected chi connectivity index (χ4v) is 2.84. The SMILES string of the molecule is CCCCc1cc(C)nc(NN=C(C)c2ccccc2C(C)CC)n1. The minimum Gasteiger partial charge on any atom is -0.245 e. The number of hydrazone groups is 1. The van der Waals surface area contributed by atoms with Crippen molar-refractivity contribution in [2.45, 2.75) is 66.2 Å². The van der Waals surface area contributed by atoms with E-state index in [0.717, 1.165) is 42.8 Å². The van der Waals surface area contributed by atoms with E-state index in [4.69, 9.17) is 0 Å². The number of unbranched alkanes of at least 4 members (excludes halogenated alkanes) is 1. The summed E-state index contributed by atoms with van der Waals surface area (Å²) in [6, 6.07) is 10.5. The fraction of sp³-hybridized carbons (Fsp3) is 0.476. The summed E-state index contributed by atoms with van der Waals surface area (Å²) >= 11 is 0. The lowest BCUT2D eigenvalue weighted by molar-refractivity contribution is 0.732. The molecule has 25 heavy (non-hydrogen) atoms. The van der Waals surface area contributed by atoms with Crippen molar-refractivity contribution >= 4 is 11.7 Å². The first-order chi connectivity index (χ1) is 12.0. The Morgan fingerprint density at radius 2 is 1.96 bits per heavy atom. The van der Waals surface area contributed by atoms with Crippen LogP contribution in [0.5, 0.6) is 0 Å². The van der Waals surface area contributed by atoms with Gasteiger partial charge in [-0.2, -0.15) is 5.10 Å². The molecule has 0 radical (unpaired) electrons. The largest absolute Gasteiger partial charge is 0.245 e. The minimum atomic E-state index is 0.511. The molecule has 0 aliphatic heterocycles. The molecular formula is C21H30N4. The highest BCUT2D eigenvalue weighted by molar-refractivity contribution is 6.00. The molecule has 2 aromatic rings. The molecule has 1 aromatic carbocycles. The summed E-state index contributed by atoms with van der Waals surface area (Å²) in [7, 11) is 0. The smallest absolute Gasteiger partial charge is 0.243 e. The predicted molar refractivity (Wildman–Crippen MR) is 106 cm³/mol. The van der Waals surface area contributed by atoms with Gasteiger partial charge in [-0.1, -0.05) is 51.5 Å². The molecule has 0 spiro atoms. The molecule has 2 rings (SSSR count). The van der Waals surface area contributed by atoms with E-state index in [1.165, 1.54) is 11.1 Å². The van der Waals surface area contributed by atoms with Crippen molar-refractivity contribution in [1.29, 1.82) is 0 Å². The van der Waals surface area contributed by atoms with E-state index in [0.29, 0.717) is 11.9 Å². The van der Waals surface area contributed by atoms with Crippen LogP contribution < -0.4 is 5.43 Å². The van der Waals surface area contributed by atoms with E-state index in [-0.39, 0.29) is 0 Å². The summed E-state index contributed by atoms with van der Waals surface area (Å²) in [4.78, 5) is 9.03. The maximum Gasteiger partial charge on any atom is 0.243 e. The predicted octanol–water partition coefficient (Wildman–Crippen LogP) is 5.48. The topological polar surface area (TPSA) is 50.2 Å². The molecule has 1 N–H and O–H groups in total. The van der Waals surface area contributed by atoms with Crippen molar-refractivity contribution in [3.63, 3.8) is 0 Å². The Morgan fingerprint density at radius 1 is 1.20 bits per heavy atom. The molecule has 1 unspecified atom stereocenters. The van der Waals surface area contributed by atoms with Gasteiger partial charge in [0.05, 0.1) is 5.71 Å². The van der Waals surface area contributed by atoms with Gasteiger partial charge in [0.2, 0.25) is 5.95 Å². The maximum atomic E-state index is 4.58. The second-order valence-electron chi connectivity index (χ2n) is 6.63. The lowest BCUT2D eigenvalue weighted by Crippen LogP contribution is -2.08. The van der Waals surface area contributed by atoms with Crippen LogP contribution in [0.1, 0.15) is 75.4 Å². The van der Waals surface area contributed by atoms with Gasteiger partial charge in [-0.05, 0) is 50.7 Å². The Morgan fingerprint density at radius 3 is 2.68 bits per heavy atom. The van der Waals surface area contributed by atoms with Crippen LogP contribution in [0, 0.1) is 6.92 Å². The van der Waals surface area contributed by atoms with Gasteiger partial charge in [0.1, 0.15) is 0 Å². The van der Waals surface area contributed by atoms with Crippen LogP contribution in [0.25, 0.3) is 0 Å². The lowest BCUT2D eigenvalue weighted by Gasteiger charge is -2.14. The number of aryl methyl sites for hydroxylation is 2. The van der Waals surface area contributed by atoms with E-state index in [1.807, 2.05) is 13.8 Å². The Hall–Kier alpha value is -2.23. The van der Waals surface area contributed by atoms with E-state index in [2.05, 4.69) is 71.6 Å². The summed E-state index contributed by atoms with van der Waals surface area (Å²) in [6.45, 7) is 10.7. The van der Waals surface area contributed by atoms with Crippen LogP contribution >= 0.6 is 0 Å². The molecule has 4 nitrogen and oxygen atoms in total. The highest BCUT2D eigenvalue weighted by Crippen LogP contribution is 2.23. The van der Waals surface area contributed by atoms with Gasteiger partial charge in [0, 0.05) is 17.0 Å². The average Bonchev–Trinajstić information content (AvgIpc) is 2.63. The van der Waals surface area contributed by atoms with Gasteiger partial charge < -0.3 is 0 Å². The zero-order chi connectivity index (χ0) is 18.2. The maximum absolute atomic E-state index is 4.58. The monoisotopic (exact) mass is 338 g/mol. The highest BCUT2D eigenvalue weighted by atomic mass is 15.4. The molecule has 0 fully saturated rings. The molecule has 1 atom stereocenters. The zero-order valence-corrected chi connectivity index (χ0v) is 16.1. The minimum absolute atomic E-state index is 0.511. The third-order valence-corrected chi connectivity index (χ3v) is 4.51. The summed E-state index contributed by atoms with van der Waals surface area (Å²) in [5, 5.41) is 4.55. The summed E-state index contributed by atoms with van der Waals surface area (Å²) in [5.74, 6) is 1.09. The normalized spacial score (nSPS) is 12.9. The van der Waals surface area contributed by atoms with Crippen molar-refractivity contribution in [2.24, 2.45) is 5.10 Å². The zero-order valence-electron chi connectivity index (χ0n) is 16.1. The van der Waals surface area contributed by atoms with Gasteiger partial charge >= 0.3 is 0 Å². The molecule has 0 amide bonds. The molecular weight excluding hydrogens is 308 g/mol. The van der Waals surface area contributed by atoms with Crippen LogP contribution in [-0.2, 0) is 6.42 Å². The van der Waals surface area contributed by atoms with Crippen LogP contribution in [0.4, 0.5) is 5.95 Å². The van der Waals surface area contributed by atoms with Crippen LogP contribution in [0.2, 0.25) is 0 Å². The number of hydrogen-bond donors (Lipinski definition) is 1. The Kier molecular flexibility index (Phi) is 7.11. The molecule has 0 saturated heterocycles. The first-order valence-corrected chi connectivity index (χ1v) is 9.29. The first kappa shape index (κ1) is 19.1. The Balaban J connectivity index is 2.20. The molecule has 0 aliphatic carbocycles. The number of aromatic nitrogens is 2. The second kappa shape index (κ2) is 9.30. The Labute approximate surface area is 151 Å². The second-order valence-corrected chi connectivity index (χ2v) is 6.63. The number of nitrogens with one attached hydrogen (secondary N) is 1. The van der Waals surface area contributed by atoms with Crippen molar-refractivity contribution in [2.75, 3.05) is 5.43 Å². The number of anilines is 1. The third kappa shape index (κ3) is 5.38. The summed E-state index contributed by atoms with van der Waals surface area (Å²) in [6.07, 6.45) is 4.39.